The molecular formula is C14H17N. The summed E-state index contributed by atoms with van der Waals surface area (Å²) in [6, 6.07) is 8.60. The van der Waals surface area contributed by atoms with Crippen LogP contribution in [0.25, 0.3) is 10.8 Å². The van der Waals surface area contributed by atoms with Crippen molar-refractivity contribution in [3.63, 3.8) is 0 Å². The van der Waals surface area contributed by atoms with Crippen LogP contribution < -0.4 is 0 Å². The van der Waals surface area contributed by atoms with Crippen LogP contribution in [-0.2, 0) is 6.42 Å². The highest BCUT2D eigenvalue weighted by Crippen LogP contribution is 2.19. The minimum absolute atomic E-state index is 1.18. The van der Waals surface area contributed by atoms with Crippen LogP contribution in [0.5, 0.6) is 0 Å². The van der Waals surface area contributed by atoms with Gasteiger partial charge in [-0.1, -0.05) is 38.0 Å². The third-order valence-electron chi connectivity index (χ3n) is 2.82. The normalized spacial score (nSPS) is 10.7. The lowest BCUT2D eigenvalue weighted by atomic mass is 10.0. The smallest absolute Gasteiger partial charge is 0.0349 e. The second-order valence-corrected chi connectivity index (χ2v) is 3.97. The summed E-state index contributed by atoms with van der Waals surface area (Å²) in [6.45, 7) is 2.24. The van der Waals surface area contributed by atoms with E-state index in [9.17, 15) is 0 Å². The van der Waals surface area contributed by atoms with Gasteiger partial charge in [0.25, 0.3) is 0 Å². The first kappa shape index (κ1) is 10.2. The highest BCUT2D eigenvalue weighted by molar-refractivity contribution is 5.84. The van der Waals surface area contributed by atoms with Gasteiger partial charge in [-0.25, -0.2) is 0 Å². The van der Waals surface area contributed by atoms with Gasteiger partial charge in [0, 0.05) is 17.8 Å². The van der Waals surface area contributed by atoms with Crippen LogP contribution in [0.15, 0.2) is 36.7 Å². The van der Waals surface area contributed by atoms with E-state index in [1.165, 1.54) is 42.0 Å². The molecule has 0 amide bonds. The summed E-state index contributed by atoms with van der Waals surface area (Å²) in [7, 11) is 0. The highest BCUT2D eigenvalue weighted by atomic mass is 14.6. The average molecular weight is 199 g/mol. The SMILES string of the molecule is CCCCCc1cccc2ccncc12. The summed E-state index contributed by atoms with van der Waals surface area (Å²) in [4.78, 5) is 4.20. The summed E-state index contributed by atoms with van der Waals surface area (Å²) in [5, 5.41) is 2.62. The molecule has 0 aliphatic heterocycles. The topological polar surface area (TPSA) is 12.9 Å². The molecule has 0 spiro atoms. The molecule has 2 rings (SSSR count). The number of benzene rings is 1. The monoisotopic (exact) mass is 199 g/mol. The quantitative estimate of drug-likeness (QED) is 0.679. The van der Waals surface area contributed by atoms with E-state index in [-0.39, 0.29) is 0 Å². The fourth-order valence-corrected chi connectivity index (χ4v) is 1.96. The Kier molecular flexibility index (Phi) is 3.33. The van der Waals surface area contributed by atoms with Crippen molar-refractivity contribution in [2.24, 2.45) is 0 Å². The summed E-state index contributed by atoms with van der Waals surface area (Å²) >= 11 is 0. The second-order valence-electron chi connectivity index (χ2n) is 3.97. The number of fused-ring (bicyclic) bond motifs is 1. The van der Waals surface area contributed by atoms with Crippen molar-refractivity contribution in [1.82, 2.24) is 4.98 Å². The standard InChI is InChI=1S/C14H17N/c1-2-3-4-6-12-7-5-8-13-9-10-15-11-14(12)13/h5,7-11H,2-4,6H2,1H3. The number of pyridine rings is 1. The van der Waals surface area contributed by atoms with E-state index < -0.39 is 0 Å². The fourth-order valence-electron chi connectivity index (χ4n) is 1.96. The Hall–Kier alpha value is -1.37. The Labute approximate surface area is 91.2 Å². The predicted molar refractivity (Wildman–Crippen MR) is 65.0 cm³/mol. The van der Waals surface area contributed by atoms with Gasteiger partial charge in [0.1, 0.15) is 0 Å². The number of unbranched alkanes of at least 4 members (excludes halogenated alkanes) is 2. The molecule has 15 heavy (non-hydrogen) atoms. The first-order chi connectivity index (χ1) is 7.42. The molecule has 0 bridgehead atoms. The maximum absolute atomic E-state index is 4.20. The zero-order chi connectivity index (χ0) is 10.5. The molecule has 0 fully saturated rings. The number of hydrogen-bond donors (Lipinski definition) is 0. The zero-order valence-corrected chi connectivity index (χ0v) is 9.24. The van der Waals surface area contributed by atoms with E-state index in [1.807, 2.05) is 12.4 Å². The summed E-state index contributed by atoms with van der Waals surface area (Å²) < 4.78 is 0. The fraction of sp³-hybridized carbons (Fsp3) is 0.357. The van der Waals surface area contributed by atoms with E-state index in [1.54, 1.807) is 0 Å². The molecule has 0 N–H and O–H groups in total. The number of aryl methyl sites for hydroxylation is 1. The Morgan fingerprint density at radius 1 is 1.13 bits per heavy atom. The first-order valence-corrected chi connectivity index (χ1v) is 5.73. The van der Waals surface area contributed by atoms with Crippen molar-refractivity contribution in [2.75, 3.05) is 0 Å². The van der Waals surface area contributed by atoms with Crippen LogP contribution in [0, 0.1) is 0 Å². The molecule has 0 aliphatic carbocycles. The Balaban J connectivity index is 2.26. The van der Waals surface area contributed by atoms with Crippen molar-refractivity contribution >= 4 is 10.8 Å². The van der Waals surface area contributed by atoms with Crippen molar-refractivity contribution in [2.45, 2.75) is 32.6 Å². The van der Waals surface area contributed by atoms with E-state index in [0.29, 0.717) is 0 Å². The van der Waals surface area contributed by atoms with Gasteiger partial charge in [-0.15, -0.1) is 0 Å². The van der Waals surface area contributed by atoms with Crippen molar-refractivity contribution < 1.29 is 0 Å². The van der Waals surface area contributed by atoms with Gasteiger partial charge in [-0.3, -0.25) is 4.98 Å². The van der Waals surface area contributed by atoms with Crippen LogP contribution in [0.1, 0.15) is 31.7 Å². The number of aromatic nitrogens is 1. The molecule has 1 nitrogen and oxygen atoms in total. The molecule has 0 atom stereocenters. The molecule has 78 valence electrons. The van der Waals surface area contributed by atoms with E-state index >= 15 is 0 Å². The lowest BCUT2D eigenvalue weighted by Crippen LogP contribution is -1.88. The lowest BCUT2D eigenvalue weighted by Gasteiger charge is -2.05. The van der Waals surface area contributed by atoms with Crippen molar-refractivity contribution in [3.05, 3.63) is 42.2 Å². The highest BCUT2D eigenvalue weighted by Gasteiger charge is 1.99. The van der Waals surface area contributed by atoms with Gasteiger partial charge in [-0.2, -0.15) is 0 Å². The molecule has 0 saturated carbocycles. The molecule has 0 saturated heterocycles. The largest absolute Gasteiger partial charge is 0.264 e. The Morgan fingerprint density at radius 3 is 2.93 bits per heavy atom. The number of hydrogen-bond acceptors (Lipinski definition) is 1. The van der Waals surface area contributed by atoms with Crippen molar-refractivity contribution in [3.8, 4) is 0 Å². The molecule has 1 aromatic carbocycles. The van der Waals surface area contributed by atoms with E-state index in [2.05, 4.69) is 36.2 Å². The third-order valence-corrected chi connectivity index (χ3v) is 2.82. The van der Waals surface area contributed by atoms with Crippen molar-refractivity contribution in [1.29, 1.82) is 0 Å². The van der Waals surface area contributed by atoms with Gasteiger partial charge in [0.15, 0.2) is 0 Å². The van der Waals surface area contributed by atoms with Gasteiger partial charge < -0.3 is 0 Å². The maximum atomic E-state index is 4.20. The average Bonchev–Trinajstić information content (AvgIpc) is 2.30. The Bertz CT molecular complexity index is 429. The Morgan fingerprint density at radius 2 is 2.07 bits per heavy atom. The predicted octanol–water partition coefficient (Wildman–Crippen LogP) is 3.97. The van der Waals surface area contributed by atoms with E-state index in [0.717, 1.165) is 0 Å². The summed E-state index contributed by atoms with van der Waals surface area (Å²) in [5.74, 6) is 0. The van der Waals surface area contributed by atoms with Gasteiger partial charge >= 0.3 is 0 Å². The second kappa shape index (κ2) is 4.92. The molecule has 1 heterocycles. The molecular weight excluding hydrogens is 182 g/mol. The molecule has 0 aliphatic rings. The number of nitrogens with zero attached hydrogens (tertiary/aromatic N) is 1. The molecule has 1 aromatic heterocycles. The van der Waals surface area contributed by atoms with Crippen LogP contribution in [-0.4, -0.2) is 4.98 Å². The summed E-state index contributed by atoms with van der Waals surface area (Å²) in [5.41, 5.74) is 1.44. The third kappa shape index (κ3) is 2.35. The zero-order valence-electron chi connectivity index (χ0n) is 9.24. The summed E-state index contributed by atoms with van der Waals surface area (Å²) in [6.07, 6.45) is 8.90. The van der Waals surface area contributed by atoms with Crippen LogP contribution in [0.2, 0.25) is 0 Å². The minimum atomic E-state index is 1.18. The first-order valence-electron chi connectivity index (χ1n) is 5.73. The molecule has 1 heteroatoms. The lowest BCUT2D eigenvalue weighted by molar-refractivity contribution is 0.719. The maximum Gasteiger partial charge on any atom is 0.0349 e. The molecule has 0 radical (unpaired) electrons. The molecule has 0 unspecified atom stereocenters. The van der Waals surface area contributed by atoms with Gasteiger partial charge in [-0.05, 0) is 29.9 Å². The van der Waals surface area contributed by atoms with Crippen LogP contribution >= 0.6 is 0 Å². The van der Waals surface area contributed by atoms with Crippen LogP contribution in [0.4, 0.5) is 0 Å². The number of rotatable bonds is 4. The van der Waals surface area contributed by atoms with Crippen LogP contribution in [0.3, 0.4) is 0 Å². The molecule has 2 aromatic rings. The van der Waals surface area contributed by atoms with E-state index in [4.69, 9.17) is 0 Å². The van der Waals surface area contributed by atoms with Gasteiger partial charge in [0.2, 0.25) is 0 Å². The van der Waals surface area contributed by atoms with Gasteiger partial charge in [0.05, 0.1) is 0 Å². The minimum Gasteiger partial charge on any atom is -0.264 e.